The fourth-order valence-electron chi connectivity index (χ4n) is 4.12. The first kappa shape index (κ1) is 32.3. The van der Waals surface area contributed by atoms with Gasteiger partial charge in [-0.1, -0.05) is 35.4 Å². The number of carbonyl (C=O) groups excluding carboxylic acids is 1. The van der Waals surface area contributed by atoms with Gasteiger partial charge < -0.3 is 10.1 Å². The summed E-state index contributed by atoms with van der Waals surface area (Å²) in [5.41, 5.74) is 1.28. The third-order valence-corrected chi connectivity index (χ3v) is 9.80. The van der Waals surface area contributed by atoms with E-state index in [0.717, 1.165) is 15.9 Å². The quantitative estimate of drug-likeness (QED) is 0.157. The number of nitrogens with one attached hydrogen (secondary N) is 2. The van der Waals surface area contributed by atoms with E-state index < -0.39 is 48.0 Å². The molecule has 0 aliphatic carbocycles. The number of aryl methyl sites for hydroxylation is 2. The molecule has 1 amide bonds. The Bertz CT molecular complexity index is 1930. The Balaban J connectivity index is 1.62. The molecule has 0 aromatic heterocycles. The molecular formula is C29H27ClN4O8S2. The fraction of sp³-hybridized carbons (Fsp3) is 0.138. The molecule has 0 radical (unpaired) electrons. The van der Waals surface area contributed by atoms with Gasteiger partial charge in [0.1, 0.15) is 12.3 Å². The highest BCUT2D eigenvalue weighted by Gasteiger charge is 2.31. The number of methoxy groups -OCH3 is 1. The molecule has 44 heavy (non-hydrogen) atoms. The van der Waals surface area contributed by atoms with E-state index in [-0.39, 0.29) is 32.6 Å². The Labute approximate surface area is 259 Å². The van der Waals surface area contributed by atoms with Gasteiger partial charge in [-0.3, -0.25) is 23.9 Å². The van der Waals surface area contributed by atoms with Crippen LogP contribution in [-0.4, -0.2) is 41.3 Å². The van der Waals surface area contributed by atoms with E-state index in [2.05, 4.69) is 10.0 Å². The summed E-state index contributed by atoms with van der Waals surface area (Å²) in [7, 11) is -7.20. The second kappa shape index (κ2) is 12.9. The number of hydrogen-bond acceptors (Lipinski definition) is 8. The molecule has 0 aliphatic rings. The number of halogens is 1. The molecule has 0 spiro atoms. The Kier molecular flexibility index (Phi) is 9.47. The molecule has 15 heteroatoms. The van der Waals surface area contributed by atoms with Crippen LogP contribution >= 0.6 is 11.6 Å². The van der Waals surface area contributed by atoms with Crippen LogP contribution < -0.4 is 19.1 Å². The van der Waals surface area contributed by atoms with Gasteiger partial charge in [-0.25, -0.2) is 16.8 Å². The van der Waals surface area contributed by atoms with Crippen LogP contribution in [0.1, 0.15) is 11.1 Å². The molecule has 0 fully saturated rings. The number of nitro groups is 1. The van der Waals surface area contributed by atoms with E-state index in [1.54, 1.807) is 24.3 Å². The van der Waals surface area contributed by atoms with Crippen molar-refractivity contribution in [3.8, 4) is 5.75 Å². The number of benzene rings is 4. The number of rotatable bonds is 11. The lowest BCUT2D eigenvalue weighted by Gasteiger charge is -2.26. The maximum atomic E-state index is 13.9. The van der Waals surface area contributed by atoms with Gasteiger partial charge in [0.2, 0.25) is 5.91 Å². The van der Waals surface area contributed by atoms with Crippen molar-refractivity contribution >= 4 is 60.3 Å². The highest BCUT2D eigenvalue weighted by atomic mass is 35.5. The Hall–Kier alpha value is -4.66. The molecule has 2 N–H and O–H groups in total. The van der Waals surface area contributed by atoms with Gasteiger partial charge in [-0.05, 0) is 74.5 Å². The molecule has 0 bridgehead atoms. The van der Waals surface area contributed by atoms with Gasteiger partial charge in [0.25, 0.3) is 25.7 Å². The minimum atomic E-state index is -4.58. The summed E-state index contributed by atoms with van der Waals surface area (Å²) < 4.78 is 61.9. The van der Waals surface area contributed by atoms with E-state index in [0.29, 0.717) is 5.69 Å². The summed E-state index contributed by atoms with van der Waals surface area (Å²) in [5, 5.41) is 14.2. The van der Waals surface area contributed by atoms with Crippen molar-refractivity contribution in [3.05, 3.63) is 111 Å². The number of nitrogens with zero attached hydrogens (tertiary/aromatic N) is 2. The smallest absolute Gasteiger partial charge is 0.273 e. The third kappa shape index (κ3) is 7.27. The van der Waals surface area contributed by atoms with E-state index in [4.69, 9.17) is 16.3 Å². The molecule has 0 atom stereocenters. The zero-order valence-electron chi connectivity index (χ0n) is 23.6. The van der Waals surface area contributed by atoms with Crippen molar-refractivity contribution in [1.82, 2.24) is 0 Å². The van der Waals surface area contributed by atoms with Crippen molar-refractivity contribution in [2.45, 2.75) is 23.6 Å². The monoisotopic (exact) mass is 658 g/mol. The third-order valence-electron chi connectivity index (χ3n) is 6.41. The number of sulfonamides is 2. The van der Waals surface area contributed by atoms with E-state index in [1.807, 2.05) is 6.92 Å². The van der Waals surface area contributed by atoms with Gasteiger partial charge in [-0.15, -0.1) is 0 Å². The highest BCUT2D eigenvalue weighted by Crippen LogP contribution is 2.36. The van der Waals surface area contributed by atoms with Gasteiger partial charge in [0, 0.05) is 28.0 Å². The van der Waals surface area contributed by atoms with Crippen LogP contribution in [0.2, 0.25) is 5.02 Å². The zero-order valence-corrected chi connectivity index (χ0v) is 26.0. The number of ether oxygens (including phenoxy) is 1. The summed E-state index contributed by atoms with van der Waals surface area (Å²) >= 11 is 6.16. The zero-order chi connectivity index (χ0) is 32.2. The molecule has 0 saturated heterocycles. The van der Waals surface area contributed by atoms with Crippen LogP contribution in [-0.2, 0) is 24.8 Å². The second-order valence-corrected chi connectivity index (χ2v) is 13.6. The molecular weight excluding hydrogens is 632 g/mol. The summed E-state index contributed by atoms with van der Waals surface area (Å²) in [5.74, 6) is -0.728. The summed E-state index contributed by atoms with van der Waals surface area (Å²) in [6.45, 7) is 2.56. The van der Waals surface area contributed by atoms with Crippen LogP contribution in [0.15, 0.2) is 94.7 Å². The van der Waals surface area contributed by atoms with E-state index in [9.17, 15) is 31.7 Å². The summed E-state index contributed by atoms with van der Waals surface area (Å²) in [4.78, 5) is 23.5. The molecule has 0 aliphatic heterocycles. The van der Waals surface area contributed by atoms with Crippen LogP contribution in [0.3, 0.4) is 0 Å². The fourth-order valence-corrected chi connectivity index (χ4v) is 6.78. The maximum Gasteiger partial charge on any atom is 0.273 e. The second-order valence-electron chi connectivity index (χ2n) is 9.58. The Morgan fingerprint density at radius 3 is 2.11 bits per heavy atom. The van der Waals surface area contributed by atoms with Crippen molar-refractivity contribution in [1.29, 1.82) is 0 Å². The summed E-state index contributed by atoms with van der Waals surface area (Å²) in [6, 6.07) is 19.6. The normalized spacial score (nSPS) is 11.5. The SMILES string of the molecule is COc1ccc(Cl)cc1N(CC(=O)Nc1ccc(S(=O)(=O)Nc2ccc(C)cc2)cc1)S(=O)(=O)c1ccc(C)c([N+](=O)[O-])c1. The largest absolute Gasteiger partial charge is 0.495 e. The number of amides is 1. The minimum Gasteiger partial charge on any atom is -0.495 e. The van der Waals surface area contributed by atoms with Crippen LogP contribution in [0, 0.1) is 24.0 Å². The van der Waals surface area contributed by atoms with Crippen LogP contribution in [0.25, 0.3) is 0 Å². The number of nitro benzene ring substituents is 1. The highest BCUT2D eigenvalue weighted by molar-refractivity contribution is 7.93. The van der Waals surface area contributed by atoms with Crippen LogP contribution in [0.4, 0.5) is 22.7 Å². The number of anilines is 3. The average molecular weight is 659 g/mol. The van der Waals surface area contributed by atoms with Crippen LogP contribution in [0.5, 0.6) is 5.75 Å². The van der Waals surface area contributed by atoms with Gasteiger partial charge >= 0.3 is 0 Å². The standard InChI is InChI=1S/C29H27ClN4O8S2/c1-19-4-8-23(9-5-19)32-43(38,39)24-13-10-22(11-14-24)31-29(35)18-33(27-16-21(30)7-15-28(27)42-3)44(40,41)25-12-6-20(2)26(17-25)34(36)37/h4-17,32H,18H2,1-3H3,(H,31,35). The Morgan fingerprint density at radius 1 is 0.886 bits per heavy atom. The molecule has 4 aromatic rings. The molecule has 0 saturated carbocycles. The lowest BCUT2D eigenvalue weighted by molar-refractivity contribution is -0.385. The number of hydrogen-bond donors (Lipinski definition) is 2. The maximum absolute atomic E-state index is 13.9. The van der Waals surface area contributed by atoms with Gasteiger partial charge in [0.05, 0.1) is 27.5 Å². The topological polar surface area (TPSA) is 165 Å². The lowest BCUT2D eigenvalue weighted by atomic mass is 10.2. The molecule has 0 heterocycles. The van der Waals surface area contributed by atoms with Crippen molar-refractivity contribution in [2.24, 2.45) is 0 Å². The Morgan fingerprint density at radius 2 is 1.50 bits per heavy atom. The molecule has 0 unspecified atom stereocenters. The molecule has 4 rings (SSSR count). The minimum absolute atomic E-state index is 0.0649. The van der Waals surface area contributed by atoms with Crippen molar-refractivity contribution in [3.63, 3.8) is 0 Å². The first-order valence-corrected chi connectivity index (χ1v) is 16.1. The van der Waals surface area contributed by atoms with Gasteiger partial charge in [0.15, 0.2) is 0 Å². The van der Waals surface area contributed by atoms with Crippen molar-refractivity contribution < 1.29 is 31.3 Å². The lowest BCUT2D eigenvalue weighted by Crippen LogP contribution is -2.38. The van der Waals surface area contributed by atoms with E-state index >= 15 is 0 Å². The first-order valence-electron chi connectivity index (χ1n) is 12.8. The predicted octanol–water partition coefficient (Wildman–Crippen LogP) is 5.51. The van der Waals surface area contributed by atoms with Gasteiger partial charge in [-0.2, -0.15) is 0 Å². The van der Waals surface area contributed by atoms with Crippen molar-refractivity contribution in [2.75, 3.05) is 28.0 Å². The molecule has 12 nitrogen and oxygen atoms in total. The number of carbonyl (C=O) groups is 1. The predicted molar refractivity (Wildman–Crippen MR) is 167 cm³/mol. The molecule has 230 valence electrons. The molecule has 4 aromatic carbocycles. The average Bonchev–Trinajstić information content (AvgIpc) is 2.97. The summed E-state index contributed by atoms with van der Waals surface area (Å²) in [6.07, 6.45) is 0. The van der Waals surface area contributed by atoms with E-state index in [1.165, 1.54) is 68.6 Å². The first-order chi connectivity index (χ1) is 20.7.